The smallest absolute Gasteiger partial charge is 0.207 e. The fourth-order valence-corrected chi connectivity index (χ4v) is 2.16. The first-order valence-corrected chi connectivity index (χ1v) is 3.98. The Balaban J connectivity index is 2.20. The zero-order valence-electron chi connectivity index (χ0n) is 6.89. The van der Waals surface area contributed by atoms with E-state index in [1.54, 1.807) is 0 Å². The van der Waals surface area contributed by atoms with Crippen molar-refractivity contribution in [3.8, 4) is 0 Å². The highest BCUT2D eigenvalue weighted by Gasteiger charge is 2.68. The van der Waals surface area contributed by atoms with Gasteiger partial charge in [0.15, 0.2) is 0 Å². The highest BCUT2D eigenvalue weighted by atomic mass is 16.5. The lowest BCUT2D eigenvalue weighted by Gasteiger charge is -2.29. The Hall–Kier alpha value is -0.570. The van der Waals surface area contributed by atoms with Gasteiger partial charge in [0.2, 0.25) is 6.41 Å². The molecule has 1 aliphatic carbocycles. The molecule has 0 bridgehead atoms. The summed E-state index contributed by atoms with van der Waals surface area (Å²) in [4.78, 5) is 10.3. The van der Waals surface area contributed by atoms with Gasteiger partial charge in [-0.15, -0.1) is 0 Å². The van der Waals surface area contributed by atoms with Crippen molar-refractivity contribution in [2.24, 2.45) is 5.92 Å². The second-order valence-electron chi connectivity index (χ2n) is 3.96. The molecule has 1 heterocycles. The van der Waals surface area contributed by atoms with Gasteiger partial charge < -0.3 is 10.1 Å². The molecule has 2 aliphatic rings. The van der Waals surface area contributed by atoms with Crippen LogP contribution in [0.3, 0.4) is 0 Å². The summed E-state index contributed by atoms with van der Waals surface area (Å²) >= 11 is 0. The minimum Gasteiger partial charge on any atom is -0.373 e. The number of rotatable bonds is 2. The summed E-state index contributed by atoms with van der Waals surface area (Å²) < 4.78 is 5.54. The molecule has 2 unspecified atom stereocenters. The molecular formula is C8H13NO2. The lowest BCUT2D eigenvalue weighted by Crippen LogP contribution is -2.48. The van der Waals surface area contributed by atoms with Crippen molar-refractivity contribution in [3.63, 3.8) is 0 Å². The molecule has 2 fully saturated rings. The van der Waals surface area contributed by atoms with Crippen LogP contribution in [0.5, 0.6) is 0 Å². The van der Waals surface area contributed by atoms with Crippen LogP contribution in [0.4, 0.5) is 0 Å². The van der Waals surface area contributed by atoms with Gasteiger partial charge >= 0.3 is 0 Å². The number of fused-ring (bicyclic) bond motifs is 1. The van der Waals surface area contributed by atoms with Crippen molar-refractivity contribution >= 4 is 6.41 Å². The van der Waals surface area contributed by atoms with Crippen LogP contribution in [-0.2, 0) is 9.53 Å². The van der Waals surface area contributed by atoms with Gasteiger partial charge in [0.1, 0.15) is 0 Å². The van der Waals surface area contributed by atoms with E-state index < -0.39 is 0 Å². The lowest BCUT2D eigenvalue weighted by atomic mass is 9.96. The molecule has 11 heavy (non-hydrogen) atoms. The maximum Gasteiger partial charge on any atom is 0.207 e. The summed E-state index contributed by atoms with van der Waals surface area (Å²) in [5.74, 6) is 0.558. The average Bonchev–Trinajstić information content (AvgIpc) is 2.56. The molecule has 3 nitrogen and oxygen atoms in total. The summed E-state index contributed by atoms with van der Waals surface area (Å²) in [6, 6.07) is 0. The first-order valence-electron chi connectivity index (χ1n) is 3.98. The van der Waals surface area contributed by atoms with E-state index in [1.165, 1.54) is 0 Å². The third-order valence-corrected chi connectivity index (χ3v) is 3.14. The summed E-state index contributed by atoms with van der Waals surface area (Å²) in [6.07, 6.45) is 1.87. The predicted molar refractivity (Wildman–Crippen MR) is 40.1 cm³/mol. The molecule has 1 saturated heterocycles. The molecule has 0 spiro atoms. The summed E-state index contributed by atoms with van der Waals surface area (Å²) in [5, 5.41) is 2.88. The number of nitrogens with one attached hydrogen (secondary N) is 1. The summed E-state index contributed by atoms with van der Waals surface area (Å²) in [7, 11) is 0. The second kappa shape index (κ2) is 1.78. The monoisotopic (exact) mass is 155 g/mol. The van der Waals surface area contributed by atoms with Crippen LogP contribution < -0.4 is 5.32 Å². The highest BCUT2D eigenvalue weighted by molar-refractivity contribution is 5.51. The fourth-order valence-electron chi connectivity index (χ4n) is 2.16. The van der Waals surface area contributed by atoms with Crippen LogP contribution in [0.15, 0.2) is 0 Å². The van der Waals surface area contributed by atoms with Gasteiger partial charge in [-0.1, -0.05) is 0 Å². The minimum absolute atomic E-state index is 0.0330. The zero-order chi connectivity index (χ0) is 8.11. The van der Waals surface area contributed by atoms with Crippen molar-refractivity contribution in [3.05, 3.63) is 0 Å². The fraction of sp³-hybridized carbons (Fsp3) is 0.875. The minimum atomic E-state index is -0.168. The molecular weight excluding hydrogens is 142 g/mol. The van der Waals surface area contributed by atoms with E-state index in [4.69, 9.17) is 4.74 Å². The number of carbonyl (C=O) groups is 1. The third kappa shape index (κ3) is 0.692. The predicted octanol–water partition coefficient (Wildman–Crippen LogP) is 0.300. The highest BCUT2D eigenvalue weighted by Crippen LogP contribution is 2.57. The van der Waals surface area contributed by atoms with Gasteiger partial charge in [0, 0.05) is 5.92 Å². The molecule has 2 rings (SSSR count). The molecule has 0 radical (unpaired) electrons. The van der Waals surface area contributed by atoms with Crippen LogP contribution in [0.25, 0.3) is 0 Å². The van der Waals surface area contributed by atoms with Gasteiger partial charge in [0.25, 0.3) is 0 Å². The standard InChI is InChI=1S/C8H13NO2/c1-7(2)8(9-5-10)3-6(8)4-11-7/h5-6H,3-4H2,1-2H3,(H,9,10). The van der Waals surface area contributed by atoms with Crippen molar-refractivity contribution < 1.29 is 9.53 Å². The Labute approximate surface area is 66.1 Å². The molecule has 0 aromatic rings. The van der Waals surface area contributed by atoms with Gasteiger partial charge in [-0.25, -0.2) is 0 Å². The third-order valence-electron chi connectivity index (χ3n) is 3.14. The number of amides is 1. The molecule has 0 aromatic carbocycles. The largest absolute Gasteiger partial charge is 0.373 e. The Kier molecular flexibility index (Phi) is 1.15. The van der Waals surface area contributed by atoms with E-state index in [1.807, 2.05) is 13.8 Å². The SMILES string of the molecule is CC1(C)OCC2CC21NC=O. The number of hydrogen-bond acceptors (Lipinski definition) is 2. The van der Waals surface area contributed by atoms with E-state index >= 15 is 0 Å². The van der Waals surface area contributed by atoms with Crippen molar-refractivity contribution in [1.29, 1.82) is 0 Å². The first-order chi connectivity index (χ1) is 5.12. The molecule has 2 atom stereocenters. The van der Waals surface area contributed by atoms with E-state index in [2.05, 4.69) is 5.32 Å². The summed E-state index contributed by atoms with van der Waals surface area (Å²) in [5.41, 5.74) is -0.201. The molecule has 3 heteroatoms. The molecule has 0 aromatic heterocycles. The van der Waals surface area contributed by atoms with E-state index in [0.29, 0.717) is 5.92 Å². The quantitative estimate of drug-likeness (QED) is 0.582. The van der Waals surface area contributed by atoms with Crippen LogP contribution in [0.1, 0.15) is 20.3 Å². The normalized spacial score (nSPS) is 44.7. The number of hydrogen-bond donors (Lipinski definition) is 1. The Morgan fingerprint density at radius 3 is 2.73 bits per heavy atom. The van der Waals surface area contributed by atoms with Crippen LogP contribution in [0.2, 0.25) is 0 Å². The summed E-state index contributed by atoms with van der Waals surface area (Å²) in [6.45, 7) is 4.88. The molecule has 1 aliphatic heterocycles. The van der Waals surface area contributed by atoms with Gasteiger partial charge in [-0.2, -0.15) is 0 Å². The topological polar surface area (TPSA) is 38.3 Å². The maximum atomic E-state index is 10.3. The Morgan fingerprint density at radius 2 is 2.36 bits per heavy atom. The van der Waals surface area contributed by atoms with Gasteiger partial charge in [-0.05, 0) is 20.3 Å². The molecule has 1 amide bonds. The van der Waals surface area contributed by atoms with Crippen molar-refractivity contribution in [1.82, 2.24) is 5.32 Å². The maximum absolute atomic E-state index is 10.3. The van der Waals surface area contributed by atoms with Gasteiger partial charge in [-0.3, -0.25) is 4.79 Å². The average molecular weight is 155 g/mol. The molecule has 1 saturated carbocycles. The van der Waals surface area contributed by atoms with Gasteiger partial charge in [0.05, 0.1) is 17.7 Å². The number of ether oxygens (including phenoxy) is 1. The second-order valence-corrected chi connectivity index (χ2v) is 3.96. The van der Waals surface area contributed by atoms with Crippen LogP contribution >= 0.6 is 0 Å². The van der Waals surface area contributed by atoms with E-state index in [-0.39, 0.29) is 11.1 Å². The number of carbonyl (C=O) groups excluding carboxylic acids is 1. The first kappa shape index (κ1) is 7.10. The lowest BCUT2D eigenvalue weighted by molar-refractivity contribution is -0.112. The molecule has 62 valence electrons. The van der Waals surface area contributed by atoms with E-state index in [9.17, 15) is 4.79 Å². The van der Waals surface area contributed by atoms with Crippen molar-refractivity contribution in [2.75, 3.05) is 6.61 Å². The molecule has 1 N–H and O–H groups in total. The van der Waals surface area contributed by atoms with Crippen LogP contribution in [0, 0.1) is 5.92 Å². The van der Waals surface area contributed by atoms with Crippen LogP contribution in [-0.4, -0.2) is 24.2 Å². The Morgan fingerprint density at radius 1 is 1.64 bits per heavy atom. The van der Waals surface area contributed by atoms with E-state index in [0.717, 1.165) is 19.4 Å². The zero-order valence-corrected chi connectivity index (χ0v) is 6.89. The van der Waals surface area contributed by atoms with Crippen molar-refractivity contribution in [2.45, 2.75) is 31.4 Å². The Bertz CT molecular complexity index is 202.